The van der Waals surface area contributed by atoms with Crippen LogP contribution in [0.2, 0.25) is 5.02 Å². The van der Waals surface area contributed by atoms with Crippen LogP contribution >= 0.6 is 11.6 Å². The summed E-state index contributed by atoms with van der Waals surface area (Å²) in [5, 5.41) is 4.79. The summed E-state index contributed by atoms with van der Waals surface area (Å²) in [5.41, 5.74) is 2.60. The van der Waals surface area contributed by atoms with Crippen LogP contribution < -0.4 is 4.90 Å². The van der Waals surface area contributed by atoms with E-state index in [1.165, 1.54) is 0 Å². The largest absolute Gasteiger partial charge is 0.423 e. The van der Waals surface area contributed by atoms with Crippen molar-refractivity contribution < 1.29 is 4.42 Å². The van der Waals surface area contributed by atoms with Gasteiger partial charge in [0, 0.05) is 30.9 Å². The van der Waals surface area contributed by atoms with Crippen molar-refractivity contribution in [2.24, 2.45) is 7.05 Å². The summed E-state index contributed by atoms with van der Waals surface area (Å²) in [7, 11) is 3.82. The molecule has 0 aliphatic heterocycles. The average molecular weight is 277 g/mol. The fraction of sp³-hybridized carbons (Fsp3) is 0.231. The average Bonchev–Trinajstić information content (AvgIpc) is 2.95. The third-order valence-corrected chi connectivity index (χ3v) is 3.08. The SMILES string of the molecule is CN(Cc1cnn(C)c1)c1nc2cc(Cl)ccc2o1. The lowest BCUT2D eigenvalue weighted by Gasteiger charge is -2.12. The number of aromatic nitrogens is 3. The molecule has 0 saturated heterocycles. The summed E-state index contributed by atoms with van der Waals surface area (Å²) in [6.07, 6.45) is 3.80. The molecule has 0 spiro atoms. The number of nitrogens with zero attached hydrogens (tertiary/aromatic N) is 4. The second kappa shape index (κ2) is 4.59. The van der Waals surface area contributed by atoms with E-state index in [2.05, 4.69) is 10.1 Å². The zero-order valence-electron chi connectivity index (χ0n) is 10.7. The van der Waals surface area contributed by atoms with Gasteiger partial charge in [0.2, 0.25) is 0 Å². The Balaban J connectivity index is 1.86. The van der Waals surface area contributed by atoms with Gasteiger partial charge in [0.1, 0.15) is 5.52 Å². The Bertz CT molecular complexity index is 718. The van der Waals surface area contributed by atoms with E-state index in [0.29, 0.717) is 17.6 Å². The minimum Gasteiger partial charge on any atom is -0.423 e. The topological polar surface area (TPSA) is 47.1 Å². The van der Waals surface area contributed by atoms with Crippen molar-refractivity contribution in [3.8, 4) is 0 Å². The molecule has 19 heavy (non-hydrogen) atoms. The molecule has 2 aromatic heterocycles. The molecule has 0 amide bonds. The summed E-state index contributed by atoms with van der Waals surface area (Å²) < 4.78 is 7.47. The molecule has 3 aromatic rings. The smallest absolute Gasteiger partial charge is 0.298 e. The Morgan fingerprint density at radius 1 is 1.42 bits per heavy atom. The van der Waals surface area contributed by atoms with Gasteiger partial charge in [-0.25, -0.2) is 0 Å². The van der Waals surface area contributed by atoms with Crippen LogP contribution in [0.4, 0.5) is 6.01 Å². The van der Waals surface area contributed by atoms with E-state index in [4.69, 9.17) is 16.0 Å². The van der Waals surface area contributed by atoms with Crippen molar-refractivity contribution in [3.63, 3.8) is 0 Å². The molecule has 0 aliphatic carbocycles. The third-order valence-electron chi connectivity index (χ3n) is 2.84. The number of hydrogen-bond acceptors (Lipinski definition) is 4. The first-order valence-electron chi connectivity index (χ1n) is 5.86. The number of aryl methyl sites for hydroxylation is 1. The van der Waals surface area contributed by atoms with Crippen LogP contribution in [-0.2, 0) is 13.6 Å². The molecule has 2 heterocycles. The van der Waals surface area contributed by atoms with Gasteiger partial charge >= 0.3 is 0 Å². The Morgan fingerprint density at radius 3 is 3.00 bits per heavy atom. The van der Waals surface area contributed by atoms with Gasteiger partial charge in [-0.1, -0.05) is 11.6 Å². The predicted molar refractivity (Wildman–Crippen MR) is 74.3 cm³/mol. The van der Waals surface area contributed by atoms with Crippen molar-refractivity contribution in [1.82, 2.24) is 14.8 Å². The quantitative estimate of drug-likeness (QED) is 0.738. The highest BCUT2D eigenvalue weighted by molar-refractivity contribution is 6.31. The minimum atomic E-state index is 0.570. The van der Waals surface area contributed by atoms with E-state index < -0.39 is 0 Å². The van der Waals surface area contributed by atoms with Crippen molar-refractivity contribution in [2.45, 2.75) is 6.54 Å². The number of halogens is 1. The Hall–Kier alpha value is -2.01. The molecular formula is C13H13ClN4O. The molecule has 0 unspecified atom stereocenters. The number of fused-ring (bicyclic) bond motifs is 1. The fourth-order valence-electron chi connectivity index (χ4n) is 1.95. The van der Waals surface area contributed by atoms with Crippen LogP contribution in [0.3, 0.4) is 0 Å². The first kappa shape index (κ1) is 12.0. The van der Waals surface area contributed by atoms with Crippen LogP contribution in [-0.4, -0.2) is 21.8 Å². The molecule has 0 radical (unpaired) electrons. The van der Waals surface area contributed by atoms with E-state index in [9.17, 15) is 0 Å². The molecule has 3 rings (SSSR count). The summed E-state index contributed by atoms with van der Waals surface area (Å²) in [6, 6.07) is 5.98. The molecule has 0 aliphatic rings. The highest BCUT2D eigenvalue weighted by Crippen LogP contribution is 2.24. The molecule has 5 nitrogen and oxygen atoms in total. The van der Waals surface area contributed by atoms with Gasteiger partial charge in [-0.2, -0.15) is 10.1 Å². The summed E-state index contributed by atoms with van der Waals surface area (Å²) in [4.78, 5) is 6.36. The second-order valence-corrected chi connectivity index (χ2v) is 4.92. The monoisotopic (exact) mass is 276 g/mol. The van der Waals surface area contributed by atoms with Gasteiger partial charge in [-0.3, -0.25) is 4.68 Å². The number of oxazole rings is 1. The molecule has 0 N–H and O–H groups in total. The normalized spacial score (nSPS) is 11.1. The standard InChI is InChI=1S/C13H13ClN4O/c1-17(7-9-6-15-18(2)8-9)13-16-11-5-10(14)3-4-12(11)19-13/h3-6,8H,7H2,1-2H3. The van der Waals surface area contributed by atoms with Crippen LogP contribution in [0.5, 0.6) is 0 Å². The lowest BCUT2D eigenvalue weighted by atomic mass is 10.3. The number of rotatable bonds is 3. The predicted octanol–water partition coefficient (Wildman–Crippen LogP) is 2.85. The first-order chi connectivity index (χ1) is 9.11. The van der Waals surface area contributed by atoms with E-state index >= 15 is 0 Å². The van der Waals surface area contributed by atoms with Crippen molar-refractivity contribution in [1.29, 1.82) is 0 Å². The highest BCUT2D eigenvalue weighted by atomic mass is 35.5. The number of benzene rings is 1. The van der Waals surface area contributed by atoms with Gasteiger partial charge in [0.05, 0.1) is 12.7 Å². The Morgan fingerprint density at radius 2 is 2.26 bits per heavy atom. The fourth-order valence-corrected chi connectivity index (χ4v) is 2.11. The van der Waals surface area contributed by atoms with Crippen LogP contribution in [0.15, 0.2) is 35.0 Å². The van der Waals surface area contributed by atoms with Gasteiger partial charge in [0.15, 0.2) is 5.58 Å². The number of hydrogen-bond donors (Lipinski definition) is 0. The summed E-state index contributed by atoms with van der Waals surface area (Å²) >= 11 is 5.93. The van der Waals surface area contributed by atoms with Gasteiger partial charge in [-0.05, 0) is 18.2 Å². The van der Waals surface area contributed by atoms with E-state index in [1.807, 2.05) is 37.5 Å². The van der Waals surface area contributed by atoms with Crippen molar-refractivity contribution in [2.75, 3.05) is 11.9 Å². The van der Waals surface area contributed by atoms with Crippen LogP contribution in [0.25, 0.3) is 11.1 Å². The Kier molecular flexibility index (Phi) is 2.91. The Labute approximate surface area is 115 Å². The lowest BCUT2D eigenvalue weighted by Crippen LogP contribution is -2.16. The van der Waals surface area contributed by atoms with Crippen LogP contribution in [0.1, 0.15) is 5.56 Å². The first-order valence-corrected chi connectivity index (χ1v) is 6.24. The zero-order valence-corrected chi connectivity index (χ0v) is 11.4. The zero-order chi connectivity index (χ0) is 13.4. The second-order valence-electron chi connectivity index (χ2n) is 4.49. The minimum absolute atomic E-state index is 0.570. The van der Waals surface area contributed by atoms with E-state index in [0.717, 1.165) is 16.7 Å². The molecular weight excluding hydrogens is 264 g/mol. The molecule has 0 bridgehead atoms. The molecule has 1 aromatic carbocycles. The third kappa shape index (κ3) is 2.42. The highest BCUT2D eigenvalue weighted by Gasteiger charge is 2.11. The summed E-state index contributed by atoms with van der Waals surface area (Å²) in [5.74, 6) is 0. The molecule has 0 saturated carbocycles. The molecule has 6 heteroatoms. The van der Waals surface area contributed by atoms with Crippen LogP contribution in [0, 0.1) is 0 Å². The maximum absolute atomic E-state index is 5.93. The number of anilines is 1. The molecule has 98 valence electrons. The maximum Gasteiger partial charge on any atom is 0.298 e. The molecule has 0 atom stereocenters. The van der Waals surface area contributed by atoms with Crippen molar-refractivity contribution in [3.05, 3.63) is 41.2 Å². The lowest BCUT2D eigenvalue weighted by molar-refractivity contribution is 0.582. The summed E-state index contributed by atoms with van der Waals surface area (Å²) in [6.45, 7) is 0.689. The van der Waals surface area contributed by atoms with Gasteiger partial charge in [0.25, 0.3) is 6.01 Å². The van der Waals surface area contributed by atoms with Gasteiger partial charge in [-0.15, -0.1) is 0 Å². The van der Waals surface area contributed by atoms with E-state index in [-0.39, 0.29) is 0 Å². The molecule has 0 fully saturated rings. The van der Waals surface area contributed by atoms with Gasteiger partial charge < -0.3 is 9.32 Å². The van der Waals surface area contributed by atoms with Crippen molar-refractivity contribution >= 4 is 28.7 Å². The van der Waals surface area contributed by atoms with E-state index in [1.54, 1.807) is 16.8 Å². The maximum atomic E-state index is 5.93.